The van der Waals surface area contributed by atoms with Crippen molar-refractivity contribution in [2.24, 2.45) is 0 Å². The summed E-state index contributed by atoms with van der Waals surface area (Å²) in [4.78, 5) is 14.5. The zero-order valence-electron chi connectivity index (χ0n) is 12.2. The SMILES string of the molecule is CCCN(C(=O)CCC1CCCO1)C1CCCNC1. The van der Waals surface area contributed by atoms with Crippen molar-refractivity contribution in [3.05, 3.63) is 0 Å². The molecule has 2 unspecified atom stereocenters. The molecule has 4 nitrogen and oxygen atoms in total. The molecule has 0 saturated carbocycles. The van der Waals surface area contributed by atoms with E-state index < -0.39 is 0 Å². The van der Waals surface area contributed by atoms with Gasteiger partial charge in [0.1, 0.15) is 0 Å². The van der Waals surface area contributed by atoms with E-state index in [1.165, 1.54) is 6.42 Å². The third kappa shape index (κ3) is 4.46. The van der Waals surface area contributed by atoms with E-state index in [1.54, 1.807) is 0 Å². The molecule has 0 aromatic heterocycles. The molecule has 2 rings (SSSR count). The van der Waals surface area contributed by atoms with Crippen molar-refractivity contribution in [1.29, 1.82) is 0 Å². The molecule has 2 aliphatic rings. The van der Waals surface area contributed by atoms with E-state index in [0.717, 1.165) is 58.3 Å². The first kappa shape index (κ1) is 14.8. The number of hydrogen-bond acceptors (Lipinski definition) is 3. The summed E-state index contributed by atoms with van der Waals surface area (Å²) in [6.07, 6.45) is 7.55. The topological polar surface area (TPSA) is 41.6 Å². The first-order chi connectivity index (χ1) is 9.31. The number of carbonyl (C=O) groups excluding carboxylic acids is 1. The van der Waals surface area contributed by atoms with Crippen molar-refractivity contribution in [2.45, 2.75) is 64.0 Å². The molecular weight excluding hydrogens is 240 g/mol. The summed E-state index contributed by atoms with van der Waals surface area (Å²) in [5.74, 6) is 0.325. The maximum absolute atomic E-state index is 12.4. The molecule has 0 aliphatic carbocycles. The monoisotopic (exact) mass is 268 g/mol. The van der Waals surface area contributed by atoms with Crippen LogP contribution in [0.2, 0.25) is 0 Å². The van der Waals surface area contributed by atoms with Crippen LogP contribution < -0.4 is 5.32 Å². The van der Waals surface area contributed by atoms with Crippen LogP contribution in [0.25, 0.3) is 0 Å². The van der Waals surface area contributed by atoms with Crippen molar-refractivity contribution < 1.29 is 9.53 Å². The second-order valence-corrected chi connectivity index (χ2v) is 5.76. The zero-order chi connectivity index (χ0) is 13.5. The zero-order valence-corrected chi connectivity index (χ0v) is 12.2. The Morgan fingerprint density at radius 2 is 2.26 bits per heavy atom. The summed E-state index contributed by atoms with van der Waals surface area (Å²) in [6, 6.07) is 0.408. The molecule has 4 heteroatoms. The average Bonchev–Trinajstić information content (AvgIpc) is 2.96. The second-order valence-electron chi connectivity index (χ2n) is 5.76. The smallest absolute Gasteiger partial charge is 0.222 e. The quantitative estimate of drug-likeness (QED) is 0.800. The normalized spacial score (nSPS) is 27.4. The number of piperidine rings is 1. The summed E-state index contributed by atoms with van der Waals surface area (Å²) in [7, 11) is 0. The highest BCUT2D eigenvalue weighted by atomic mass is 16.5. The molecule has 2 aliphatic heterocycles. The van der Waals surface area contributed by atoms with E-state index in [9.17, 15) is 4.79 Å². The summed E-state index contributed by atoms with van der Waals surface area (Å²) in [5, 5.41) is 3.41. The number of nitrogens with one attached hydrogen (secondary N) is 1. The third-order valence-corrected chi connectivity index (χ3v) is 4.20. The second kappa shape index (κ2) is 7.85. The van der Waals surface area contributed by atoms with Gasteiger partial charge in [-0.05, 0) is 45.1 Å². The Hall–Kier alpha value is -0.610. The summed E-state index contributed by atoms with van der Waals surface area (Å²) in [5.41, 5.74) is 0. The Bertz CT molecular complexity index is 271. The van der Waals surface area contributed by atoms with Gasteiger partial charge in [-0.3, -0.25) is 4.79 Å². The molecule has 0 radical (unpaired) electrons. The van der Waals surface area contributed by atoms with E-state index in [2.05, 4.69) is 17.1 Å². The molecule has 19 heavy (non-hydrogen) atoms. The lowest BCUT2D eigenvalue weighted by molar-refractivity contribution is -0.134. The first-order valence-electron chi connectivity index (χ1n) is 7.93. The Morgan fingerprint density at radius 1 is 1.37 bits per heavy atom. The number of carbonyl (C=O) groups is 1. The van der Waals surface area contributed by atoms with Crippen molar-refractivity contribution in [2.75, 3.05) is 26.2 Å². The van der Waals surface area contributed by atoms with Crippen LogP contribution in [0.15, 0.2) is 0 Å². The van der Waals surface area contributed by atoms with E-state index >= 15 is 0 Å². The molecule has 2 heterocycles. The fourth-order valence-electron chi connectivity index (χ4n) is 3.15. The minimum atomic E-state index is 0.325. The molecule has 2 atom stereocenters. The summed E-state index contributed by atoms with van der Waals surface area (Å²) >= 11 is 0. The molecule has 110 valence electrons. The highest BCUT2D eigenvalue weighted by molar-refractivity contribution is 5.76. The fraction of sp³-hybridized carbons (Fsp3) is 0.933. The Balaban J connectivity index is 1.80. The van der Waals surface area contributed by atoms with E-state index in [-0.39, 0.29) is 0 Å². The average molecular weight is 268 g/mol. The van der Waals surface area contributed by atoms with Gasteiger partial charge in [0.15, 0.2) is 0 Å². The number of ether oxygens (including phenoxy) is 1. The van der Waals surface area contributed by atoms with Gasteiger partial charge in [0.25, 0.3) is 0 Å². The van der Waals surface area contributed by atoms with Gasteiger partial charge in [0.2, 0.25) is 5.91 Å². The van der Waals surface area contributed by atoms with Crippen molar-refractivity contribution in [3.63, 3.8) is 0 Å². The molecule has 1 N–H and O–H groups in total. The molecule has 2 saturated heterocycles. The maximum Gasteiger partial charge on any atom is 0.222 e. The van der Waals surface area contributed by atoms with Crippen LogP contribution in [0, 0.1) is 0 Å². The predicted octanol–water partition coefficient (Wildman–Crippen LogP) is 1.94. The largest absolute Gasteiger partial charge is 0.378 e. The van der Waals surface area contributed by atoms with Gasteiger partial charge >= 0.3 is 0 Å². The number of nitrogens with zero attached hydrogens (tertiary/aromatic N) is 1. The van der Waals surface area contributed by atoms with E-state index in [0.29, 0.717) is 24.5 Å². The van der Waals surface area contributed by atoms with Crippen molar-refractivity contribution in [3.8, 4) is 0 Å². The molecule has 0 aromatic rings. The highest BCUT2D eigenvalue weighted by Crippen LogP contribution is 2.19. The number of hydrogen-bond donors (Lipinski definition) is 1. The van der Waals surface area contributed by atoms with E-state index in [4.69, 9.17) is 4.74 Å². The highest BCUT2D eigenvalue weighted by Gasteiger charge is 2.25. The maximum atomic E-state index is 12.4. The number of amides is 1. The summed E-state index contributed by atoms with van der Waals surface area (Å²) < 4.78 is 5.61. The van der Waals surface area contributed by atoms with Gasteiger partial charge in [-0.1, -0.05) is 6.92 Å². The third-order valence-electron chi connectivity index (χ3n) is 4.20. The fourth-order valence-corrected chi connectivity index (χ4v) is 3.15. The van der Waals surface area contributed by atoms with Gasteiger partial charge in [-0.25, -0.2) is 0 Å². The van der Waals surface area contributed by atoms with E-state index in [1.807, 2.05) is 0 Å². The van der Waals surface area contributed by atoms with Crippen molar-refractivity contribution >= 4 is 5.91 Å². The van der Waals surface area contributed by atoms with Gasteiger partial charge < -0.3 is 15.0 Å². The Morgan fingerprint density at radius 3 is 2.89 bits per heavy atom. The Labute approximate surface area is 116 Å². The lowest BCUT2D eigenvalue weighted by atomic mass is 10.0. The first-order valence-corrected chi connectivity index (χ1v) is 7.93. The van der Waals surface area contributed by atoms with Crippen LogP contribution in [0.5, 0.6) is 0 Å². The lowest BCUT2D eigenvalue weighted by Gasteiger charge is -2.35. The molecule has 0 aromatic carbocycles. The van der Waals surface area contributed by atoms with Crippen LogP contribution in [0.3, 0.4) is 0 Å². The van der Waals surface area contributed by atoms with Crippen LogP contribution in [-0.4, -0.2) is 49.2 Å². The standard InChI is InChI=1S/C15H28N2O2/c1-2-10-17(13-5-3-9-16-12-13)15(18)8-7-14-6-4-11-19-14/h13-14,16H,2-12H2,1H3. The molecule has 1 amide bonds. The minimum absolute atomic E-state index is 0.325. The van der Waals surface area contributed by atoms with Gasteiger partial charge in [0.05, 0.1) is 6.10 Å². The molecule has 0 spiro atoms. The number of rotatable bonds is 6. The van der Waals surface area contributed by atoms with Crippen LogP contribution in [0.4, 0.5) is 0 Å². The van der Waals surface area contributed by atoms with Crippen LogP contribution in [0.1, 0.15) is 51.9 Å². The predicted molar refractivity (Wildman–Crippen MR) is 76.1 cm³/mol. The Kier molecular flexibility index (Phi) is 6.11. The van der Waals surface area contributed by atoms with Crippen molar-refractivity contribution in [1.82, 2.24) is 10.2 Å². The minimum Gasteiger partial charge on any atom is -0.378 e. The van der Waals surface area contributed by atoms with Gasteiger partial charge in [-0.15, -0.1) is 0 Å². The lowest BCUT2D eigenvalue weighted by Crippen LogP contribution is -2.49. The van der Waals surface area contributed by atoms with Gasteiger partial charge in [0, 0.05) is 32.2 Å². The van der Waals surface area contributed by atoms with Crippen LogP contribution >= 0.6 is 0 Å². The summed E-state index contributed by atoms with van der Waals surface area (Å²) in [6.45, 7) is 5.99. The molecule has 2 fully saturated rings. The molecule has 0 bridgehead atoms. The van der Waals surface area contributed by atoms with Crippen LogP contribution in [-0.2, 0) is 9.53 Å². The van der Waals surface area contributed by atoms with Gasteiger partial charge in [-0.2, -0.15) is 0 Å². The molecular formula is C15H28N2O2.